The van der Waals surface area contributed by atoms with E-state index in [9.17, 15) is 14.4 Å². The fraction of sp³-hybridized carbons (Fsp3) is 0.200. The van der Waals surface area contributed by atoms with Crippen molar-refractivity contribution in [3.8, 4) is 0 Å². The van der Waals surface area contributed by atoms with Crippen molar-refractivity contribution in [3.63, 3.8) is 0 Å². The van der Waals surface area contributed by atoms with Gasteiger partial charge in [0.1, 0.15) is 10.7 Å². The number of carbonyl (C=O) groups is 3. The Morgan fingerprint density at radius 3 is 2.61 bits per heavy atom. The second-order valence-corrected chi connectivity index (χ2v) is 4.73. The van der Waals surface area contributed by atoms with Crippen molar-refractivity contribution in [1.82, 2.24) is 10.0 Å². The Labute approximate surface area is 115 Å². The maximum atomic E-state index is 11.8. The lowest BCUT2D eigenvalue weighted by molar-refractivity contribution is -0.172. The Bertz CT molecular complexity index is 533. The van der Waals surface area contributed by atoms with Crippen LogP contribution in [0.2, 0.25) is 5.15 Å². The SMILES string of the molecule is O=C(ON1C(=O)CCC1=O)c1cc(Br)cnc1Cl. The van der Waals surface area contributed by atoms with Crippen LogP contribution < -0.4 is 0 Å². The normalized spacial score (nSPS) is 15.1. The number of imide groups is 1. The van der Waals surface area contributed by atoms with E-state index in [2.05, 4.69) is 20.9 Å². The van der Waals surface area contributed by atoms with Gasteiger partial charge in [0.25, 0.3) is 11.8 Å². The Hall–Kier alpha value is -1.47. The molecule has 1 aromatic heterocycles. The van der Waals surface area contributed by atoms with Gasteiger partial charge in [-0.1, -0.05) is 11.6 Å². The molecule has 0 atom stereocenters. The first-order valence-corrected chi connectivity index (χ1v) is 6.05. The number of halogens is 2. The number of rotatable bonds is 2. The molecule has 0 spiro atoms. The van der Waals surface area contributed by atoms with Crippen LogP contribution in [0.5, 0.6) is 0 Å². The highest BCUT2D eigenvalue weighted by Crippen LogP contribution is 2.21. The second kappa shape index (κ2) is 5.03. The number of nitrogens with zero attached hydrogens (tertiary/aromatic N) is 2. The minimum atomic E-state index is -0.905. The van der Waals surface area contributed by atoms with Gasteiger partial charge in [-0.15, -0.1) is 5.06 Å². The zero-order valence-electron chi connectivity index (χ0n) is 8.85. The minimum Gasteiger partial charge on any atom is -0.325 e. The molecule has 0 radical (unpaired) electrons. The van der Waals surface area contributed by atoms with Crippen molar-refractivity contribution in [3.05, 3.63) is 27.5 Å². The standard InChI is InChI=1S/C10H6BrClN2O4/c11-5-3-6(9(12)13-4-5)10(17)18-14-7(15)1-2-8(14)16/h3-4H,1-2H2. The summed E-state index contributed by atoms with van der Waals surface area (Å²) < 4.78 is 0.526. The van der Waals surface area contributed by atoms with E-state index in [1.807, 2.05) is 0 Å². The molecule has 2 heterocycles. The molecule has 1 aromatic rings. The second-order valence-electron chi connectivity index (χ2n) is 3.45. The average Bonchev–Trinajstić information content (AvgIpc) is 2.64. The van der Waals surface area contributed by atoms with Crippen molar-refractivity contribution in [2.45, 2.75) is 12.8 Å². The maximum Gasteiger partial charge on any atom is 0.367 e. The Morgan fingerprint density at radius 1 is 1.39 bits per heavy atom. The van der Waals surface area contributed by atoms with Crippen LogP contribution in [0, 0.1) is 0 Å². The lowest BCUT2D eigenvalue weighted by atomic mass is 10.3. The first-order chi connectivity index (χ1) is 8.49. The molecule has 1 saturated heterocycles. The van der Waals surface area contributed by atoms with Gasteiger partial charge >= 0.3 is 5.97 Å². The predicted molar refractivity (Wildman–Crippen MR) is 63.4 cm³/mol. The van der Waals surface area contributed by atoms with E-state index >= 15 is 0 Å². The van der Waals surface area contributed by atoms with E-state index < -0.39 is 17.8 Å². The molecule has 2 amide bonds. The molecule has 0 saturated carbocycles. The van der Waals surface area contributed by atoms with E-state index in [1.165, 1.54) is 12.3 Å². The van der Waals surface area contributed by atoms with E-state index in [1.54, 1.807) is 0 Å². The summed E-state index contributed by atoms with van der Waals surface area (Å²) in [7, 11) is 0. The quantitative estimate of drug-likeness (QED) is 0.608. The first-order valence-electron chi connectivity index (χ1n) is 4.88. The smallest absolute Gasteiger partial charge is 0.325 e. The molecule has 8 heteroatoms. The van der Waals surface area contributed by atoms with Crippen LogP contribution in [0.1, 0.15) is 23.2 Å². The molecule has 6 nitrogen and oxygen atoms in total. The molecular formula is C10H6BrClN2O4. The van der Waals surface area contributed by atoms with Crippen molar-refractivity contribution in [1.29, 1.82) is 0 Å². The summed E-state index contributed by atoms with van der Waals surface area (Å²) in [5, 5.41) is 0.391. The van der Waals surface area contributed by atoms with Gasteiger partial charge in [0, 0.05) is 23.5 Å². The van der Waals surface area contributed by atoms with Gasteiger partial charge in [0.05, 0.1) is 0 Å². The fourth-order valence-corrected chi connectivity index (χ4v) is 1.87. The highest BCUT2D eigenvalue weighted by atomic mass is 79.9. The Morgan fingerprint density at radius 2 is 2.00 bits per heavy atom. The molecule has 0 bridgehead atoms. The van der Waals surface area contributed by atoms with E-state index in [0.29, 0.717) is 9.54 Å². The lowest BCUT2D eigenvalue weighted by Gasteiger charge is -2.12. The number of pyridine rings is 1. The van der Waals surface area contributed by atoms with Crippen LogP contribution in [0.25, 0.3) is 0 Å². The number of hydroxylamine groups is 2. The molecular weight excluding hydrogens is 327 g/mol. The topological polar surface area (TPSA) is 76.6 Å². The zero-order valence-corrected chi connectivity index (χ0v) is 11.2. The molecule has 0 aromatic carbocycles. The van der Waals surface area contributed by atoms with Gasteiger partial charge in [-0.25, -0.2) is 9.78 Å². The van der Waals surface area contributed by atoms with Gasteiger partial charge in [0.2, 0.25) is 0 Å². The van der Waals surface area contributed by atoms with Crippen molar-refractivity contribution in [2.24, 2.45) is 0 Å². The minimum absolute atomic E-state index is 0.0291. The predicted octanol–water partition coefficient (Wildman–Crippen LogP) is 1.72. The number of carbonyl (C=O) groups excluding carboxylic acids is 3. The summed E-state index contributed by atoms with van der Waals surface area (Å²) in [6.45, 7) is 0. The van der Waals surface area contributed by atoms with Crippen LogP contribution in [0.15, 0.2) is 16.7 Å². The third-order valence-electron chi connectivity index (χ3n) is 2.21. The van der Waals surface area contributed by atoms with Crippen LogP contribution in [-0.4, -0.2) is 27.8 Å². The summed E-state index contributed by atoms with van der Waals surface area (Å²) in [4.78, 5) is 42.7. The van der Waals surface area contributed by atoms with E-state index in [0.717, 1.165) is 0 Å². The van der Waals surface area contributed by atoms with Crippen LogP contribution in [-0.2, 0) is 14.4 Å². The van der Waals surface area contributed by atoms with Crippen LogP contribution >= 0.6 is 27.5 Å². The lowest BCUT2D eigenvalue weighted by Crippen LogP contribution is -2.32. The zero-order chi connectivity index (χ0) is 13.3. The summed E-state index contributed by atoms with van der Waals surface area (Å²) in [6, 6.07) is 1.39. The molecule has 0 unspecified atom stereocenters. The highest BCUT2D eigenvalue weighted by molar-refractivity contribution is 9.10. The molecule has 94 valence electrons. The number of hydrogen-bond acceptors (Lipinski definition) is 5. The van der Waals surface area contributed by atoms with Crippen molar-refractivity contribution < 1.29 is 19.2 Å². The van der Waals surface area contributed by atoms with Gasteiger partial charge in [-0.2, -0.15) is 0 Å². The maximum absolute atomic E-state index is 11.8. The third kappa shape index (κ3) is 2.51. The summed E-state index contributed by atoms with van der Waals surface area (Å²) in [5.41, 5.74) is -0.0291. The number of amides is 2. The Balaban J connectivity index is 2.19. The van der Waals surface area contributed by atoms with Gasteiger partial charge in [0.15, 0.2) is 0 Å². The van der Waals surface area contributed by atoms with Crippen LogP contribution in [0.3, 0.4) is 0 Å². The van der Waals surface area contributed by atoms with Crippen LogP contribution in [0.4, 0.5) is 0 Å². The van der Waals surface area contributed by atoms with Gasteiger partial charge < -0.3 is 4.84 Å². The van der Waals surface area contributed by atoms with Gasteiger partial charge in [-0.3, -0.25) is 9.59 Å². The average molecular weight is 334 g/mol. The molecule has 1 aliphatic heterocycles. The molecule has 1 aliphatic rings. The summed E-state index contributed by atoms with van der Waals surface area (Å²) in [6.07, 6.45) is 1.48. The highest BCUT2D eigenvalue weighted by Gasteiger charge is 2.33. The van der Waals surface area contributed by atoms with Crippen molar-refractivity contribution >= 4 is 45.3 Å². The molecule has 1 fully saturated rings. The molecule has 18 heavy (non-hydrogen) atoms. The first kappa shape index (κ1) is 13.0. The van der Waals surface area contributed by atoms with E-state index in [-0.39, 0.29) is 23.6 Å². The fourth-order valence-electron chi connectivity index (χ4n) is 1.36. The Kier molecular flexibility index (Phi) is 3.63. The van der Waals surface area contributed by atoms with Gasteiger partial charge in [-0.05, 0) is 22.0 Å². The number of hydrogen-bond donors (Lipinski definition) is 0. The molecule has 2 rings (SSSR count). The molecule has 0 N–H and O–H groups in total. The summed E-state index contributed by atoms with van der Waals surface area (Å²) in [5.74, 6) is -2.00. The molecule has 0 aliphatic carbocycles. The third-order valence-corrected chi connectivity index (χ3v) is 2.94. The van der Waals surface area contributed by atoms with E-state index in [4.69, 9.17) is 16.4 Å². The largest absolute Gasteiger partial charge is 0.367 e. The number of aromatic nitrogens is 1. The van der Waals surface area contributed by atoms with Crippen molar-refractivity contribution in [2.75, 3.05) is 0 Å². The monoisotopic (exact) mass is 332 g/mol. The summed E-state index contributed by atoms with van der Waals surface area (Å²) >= 11 is 8.85.